The number of amides is 1. The number of nitrogens with zero attached hydrogens (tertiary/aromatic N) is 1. The van der Waals surface area contributed by atoms with Gasteiger partial charge in [-0.05, 0) is 25.7 Å². The maximum absolute atomic E-state index is 12.5. The maximum Gasteiger partial charge on any atom is 0.391 e. The van der Waals surface area contributed by atoms with Gasteiger partial charge in [0.25, 0.3) is 5.91 Å². The topological polar surface area (TPSA) is 57.8 Å². The Labute approximate surface area is 102 Å². The van der Waals surface area contributed by atoms with Gasteiger partial charge in [0.15, 0.2) is 0 Å². The normalized spacial score (nSPS) is 24.8. The van der Waals surface area contributed by atoms with Crippen molar-refractivity contribution < 1.29 is 18.0 Å². The second-order valence-electron chi connectivity index (χ2n) is 4.55. The van der Waals surface area contributed by atoms with Crippen LogP contribution in [0, 0.1) is 5.92 Å². The van der Waals surface area contributed by atoms with Gasteiger partial charge < -0.3 is 5.32 Å². The molecule has 100 valence electrons. The van der Waals surface area contributed by atoms with E-state index >= 15 is 0 Å². The lowest BCUT2D eigenvalue weighted by molar-refractivity contribution is -0.182. The number of aromatic nitrogens is 2. The van der Waals surface area contributed by atoms with Gasteiger partial charge in [-0.1, -0.05) is 0 Å². The first-order valence-electron chi connectivity index (χ1n) is 5.83. The summed E-state index contributed by atoms with van der Waals surface area (Å²) in [4.78, 5) is 11.7. The van der Waals surface area contributed by atoms with Crippen molar-refractivity contribution in [3.05, 3.63) is 18.0 Å². The molecule has 1 aliphatic rings. The van der Waals surface area contributed by atoms with Crippen molar-refractivity contribution in [2.24, 2.45) is 5.92 Å². The van der Waals surface area contributed by atoms with Gasteiger partial charge in [-0.2, -0.15) is 18.3 Å². The summed E-state index contributed by atoms with van der Waals surface area (Å²) in [5.41, 5.74) is 0.396. The molecule has 2 rings (SSSR count). The van der Waals surface area contributed by atoms with Gasteiger partial charge in [0.05, 0.1) is 17.7 Å². The van der Waals surface area contributed by atoms with Crippen molar-refractivity contribution in [3.8, 4) is 0 Å². The van der Waals surface area contributed by atoms with E-state index in [1.807, 2.05) is 0 Å². The number of aromatic amines is 1. The monoisotopic (exact) mass is 261 g/mol. The molecule has 2 N–H and O–H groups in total. The maximum atomic E-state index is 12.5. The highest BCUT2D eigenvalue weighted by Crippen LogP contribution is 2.37. The van der Waals surface area contributed by atoms with Crippen LogP contribution in [0.25, 0.3) is 0 Å². The molecule has 0 atom stereocenters. The molecular formula is C11H14F3N3O. The Hall–Kier alpha value is -1.53. The smallest absolute Gasteiger partial charge is 0.349 e. The number of H-pyrrole nitrogens is 1. The second-order valence-corrected chi connectivity index (χ2v) is 4.55. The zero-order valence-electron chi connectivity index (χ0n) is 9.63. The summed E-state index contributed by atoms with van der Waals surface area (Å²) in [6.45, 7) is 0. The number of hydrogen-bond acceptors (Lipinski definition) is 2. The van der Waals surface area contributed by atoms with E-state index < -0.39 is 12.1 Å². The molecule has 1 fully saturated rings. The molecule has 1 aromatic rings. The van der Waals surface area contributed by atoms with Crippen LogP contribution in [0.2, 0.25) is 0 Å². The largest absolute Gasteiger partial charge is 0.391 e. The predicted molar refractivity (Wildman–Crippen MR) is 57.9 cm³/mol. The highest BCUT2D eigenvalue weighted by Gasteiger charge is 2.41. The van der Waals surface area contributed by atoms with Crippen molar-refractivity contribution in [1.29, 1.82) is 0 Å². The lowest BCUT2D eigenvalue weighted by atomic mass is 9.85. The van der Waals surface area contributed by atoms with Crippen LogP contribution in [0.4, 0.5) is 13.2 Å². The molecule has 7 heteroatoms. The number of rotatable bonds is 2. The summed E-state index contributed by atoms with van der Waals surface area (Å²) >= 11 is 0. The van der Waals surface area contributed by atoms with Crippen LogP contribution < -0.4 is 5.32 Å². The van der Waals surface area contributed by atoms with Gasteiger partial charge in [-0.3, -0.25) is 9.89 Å². The van der Waals surface area contributed by atoms with E-state index in [1.54, 1.807) is 0 Å². The Morgan fingerprint density at radius 2 is 2.00 bits per heavy atom. The van der Waals surface area contributed by atoms with Gasteiger partial charge in [0.2, 0.25) is 0 Å². The van der Waals surface area contributed by atoms with E-state index in [0.29, 0.717) is 18.4 Å². The van der Waals surface area contributed by atoms with Gasteiger partial charge >= 0.3 is 6.18 Å². The van der Waals surface area contributed by atoms with Gasteiger partial charge in [-0.25, -0.2) is 0 Å². The molecule has 1 heterocycles. The lowest BCUT2D eigenvalue weighted by Gasteiger charge is -2.30. The Bertz CT molecular complexity index is 394. The first-order chi connectivity index (χ1) is 8.47. The zero-order chi connectivity index (χ0) is 13.2. The van der Waals surface area contributed by atoms with Crippen LogP contribution in [0.15, 0.2) is 12.4 Å². The third-order valence-corrected chi connectivity index (χ3v) is 3.29. The predicted octanol–water partition coefficient (Wildman–Crippen LogP) is 2.26. The number of alkyl halides is 3. The Kier molecular flexibility index (Phi) is 3.58. The average Bonchev–Trinajstić information content (AvgIpc) is 2.82. The first-order valence-corrected chi connectivity index (χ1v) is 5.83. The number of hydrogen-bond donors (Lipinski definition) is 2. The quantitative estimate of drug-likeness (QED) is 0.858. The molecule has 0 spiro atoms. The molecule has 0 aromatic carbocycles. The molecule has 1 amide bonds. The third kappa shape index (κ3) is 3.02. The summed E-state index contributed by atoms with van der Waals surface area (Å²) in [5.74, 6) is -1.52. The van der Waals surface area contributed by atoms with E-state index in [-0.39, 0.29) is 24.8 Å². The third-order valence-electron chi connectivity index (χ3n) is 3.29. The van der Waals surface area contributed by atoms with Crippen molar-refractivity contribution in [2.75, 3.05) is 0 Å². The van der Waals surface area contributed by atoms with E-state index in [9.17, 15) is 18.0 Å². The van der Waals surface area contributed by atoms with Crippen molar-refractivity contribution in [2.45, 2.75) is 37.9 Å². The van der Waals surface area contributed by atoms with Gasteiger partial charge in [-0.15, -0.1) is 0 Å². The second kappa shape index (κ2) is 4.99. The van der Waals surface area contributed by atoms with Crippen LogP contribution in [-0.2, 0) is 0 Å². The van der Waals surface area contributed by atoms with Crippen LogP contribution in [-0.4, -0.2) is 28.3 Å². The first kappa shape index (κ1) is 12.9. The molecule has 18 heavy (non-hydrogen) atoms. The van der Waals surface area contributed by atoms with Crippen molar-refractivity contribution >= 4 is 5.91 Å². The fraction of sp³-hybridized carbons (Fsp3) is 0.636. The molecule has 0 bridgehead atoms. The molecule has 4 nitrogen and oxygen atoms in total. The molecule has 0 saturated heterocycles. The van der Waals surface area contributed by atoms with Crippen molar-refractivity contribution in [1.82, 2.24) is 15.5 Å². The fourth-order valence-electron chi connectivity index (χ4n) is 2.21. The van der Waals surface area contributed by atoms with E-state index in [1.165, 1.54) is 12.4 Å². The summed E-state index contributed by atoms with van der Waals surface area (Å²) in [7, 11) is 0. The average molecular weight is 261 g/mol. The fourth-order valence-corrected chi connectivity index (χ4v) is 2.21. The van der Waals surface area contributed by atoms with E-state index in [2.05, 4.69) is 15.5 Å². The lowest BCUT2D eigenvalue weighted by Crippen LogP contribution is -2.39. The van der Waals surface area contributed by atoms with E-state index in [4.69, 9.17) is 0 Å². The van der Waals surface area contributed by atoms with Gasteiger partial charge in [0, 0.05) is 12.2 Å². The number of halogens is 3. The summed E-state index contributed by atoms with van der Waals surface area (Å²) in [5, 5.41) is 8.89. The zero-order valence-corrected chi connectivity index (χ0v) is 9.63. The highest BCUT2D eigenvalue weighted by atomic mass is 19.4. The van der Waals surface area contributed by atoms with Crippen LogP contribution in [0.5, 0.6) is 0 Å². The molecule has 1 aliphatic carbocycles. The summed E-state index contributed by atoms with van der Waals surface area (Å²) < 4.78 is 37.4. The molecule has 1 saturated carbocycles. The van der Waals surface area contributed by atoms with Crippen LogP contribution >= 0.6 is 0 Å². The minimum absolute atomic E-state index is 0.0832. The molecule has 0 radical (unpaired) electrons. The number of carbonyl (C=O) groups is 1. The Morgan fingerprint density at radius 1 is 1.33 bits per heavy atom. The molecule has 0 aliphatic heterocycles. The standard InChI is InChI=1S/C11H14F3N3O/c12-11(13,14)8-1-3-9(4-2-8)17-10(18)7-5-15-16-6-7/h5-6,8-9H,1-4H2,(H,15,16)(H,17,18). The SMILES string of the molecule is O=C(NC1CCC(C(F)(F)F)CC1)c1cn[nH]c1. The van der Waals surface area contributed by atoms with Gasteiger partial charge in [0.1, 0.15) is 0 Å². The van der Waals surface area contributed by atoms with Crippen molar-refractivity contribution in [3.63, 3.8) is 0 Å². The number of nitrogens with one attached hydrogen (secondary N) is 2. The molecule has 1 aromatic heterocycles. The Balaban J connectivity index is 1.82. The van der Waals surface area contributed by atoms with Crippen LogP contribution in [0.1, 0.15) is 36.0 Å². The summed E-state index contributed by atoms with van der Waals surface area (Å²) in [6, 6.07) is -0.175. The minimum atomic E-state index is -4.11. The molecule has 0 unspecified atom stereocenters. The van der Waals surface area contributed by atoms with E-state index in [0.717, 1.165) is 0 Å². The highest BCUT2D eigenvalue weighted by molar-refractivity contribution is 5.93. The minimum Gasteiger partial charge on any atom is -0.349 e. The Morgan fingerprint density at radius 3 is 2.50 bits per heavy atom. The molecular weight excluding hydrogens is 247 g/mol. The number of carbonyl (C=O) groups excluding carboxylic acids is 1. The van der Waals surface area contributed by atoms with Crippen LogP contribution in [0.3, 0.4) is 0 Å². The summed E-state index contributed by atoms with van der Waals surface area (Å²) in [6.07, 6.45) is -0.367.